The standard InChI is InChI=1S/C9H16N2O4/c1-6(10-9(14)15)8(13)11-5-3-2-4-7(11)12/h6,8,10,13H,2-5H2,1H3,(H,14,15). The summed E-state index contributed by atoms with van der Waals surface area (Å²) in [5.74, 6) is -0.118. The molecule has 1 fully saturated rings. The Morgan fingerprint density at radius 1 is 1.53 bits per heavy atom. The van der Waals surface area contributed by atoms with Gasteiger partial charge in [0.2, 0.25) is 5.91 Å². The Balaban J connectivity index is 2.53. The van der Waals surface area contributed by atoms with Gasteiger partial charge in [-0.25, -0.2) is 4.79 Å². The molecule has 1 aliphatic rings. The van der Waals surface area contributed by atoms with E-state index in [9.17, 15) is 14.7 Å². The number of rotatable bonds is 3. The number of hydrogen-bond acceptors (Lipinski definition) is 3. The van der Waals surface area contributed by atoms with E-state index in [1.54, 1.807) is 0 Å². The van der Waals surface area contributed by atoms with Gasteiger partial charge in [-0.3, -0.25) is 4.79 Å². The fraction of sp³-hybridized carbons (Fsp3) is 0.778. The molecule has 0 saturated carbocycles. The summed E-state index contributed by atoms with van der Waals surface area (Å²) in [6, 6.07) is -0.676. The molecule has 1 aliphatic heterocycles. The third kappa shape index (κ3) is 3.09. The van der Waals surface area contributed by atoms with Gasteiger partial charge in [0.25, 0.3) is 0 Å². The second-order valence-corrected chi connectivity index (χ2v) is 3.70. The van der Waals surface area contributed by atoms with Crippen LogP contribution in [0.25, 0.3) is 0 Å². The van der Waals surface area contributed by atoms with E-state index in [0.717, 1.165) is 12.8 Å². The Hall–Kier alpha value is -1.30. The van der Waals surface area contributed by atoms with E-state index >= 15 is 0 Å². The van der Waals surface area contributed by atoms with Crippen LogP contribution in [0.5, 0.6) is 0 Å². The molecule has 1 saturated heterocycles. The SMILES string of the molecule is CC(NC(=O)O)C(O)N1CCCCC1=O. The van der Waals surface area contributed by atoms with Crippen LogP contribution in [-0.4, -0.2) is 45.9 Å². The van der Waals surface area contributed by atoms with Crippen LogP contribution in [0.3, 0.4) is 0 Å². The Morgan fingerprint density at radius 2 is 2.20 bits per heavy atom. The predicted molar refractivity (Wildman–Crippen MR) is 52.2 cm³/mol. The monoisotopic (exact) mass is 216 g/mol. The molecule has 0 spiro atoms. The third-order valence-electron chi connectivity index (χ3n) is 2.48. The van der Waals surface area contributed by atoms with Crippen molar-refractivity contribution in [3.05, 3.63) is 0 Å². The first kappa shape index (κ1) is 11.8. The van der Waals surface area contributed by atoms with Crippen LogP contribution in [0, 0.1) is 0 Å². The van der Waals surface area contributed by atoms with Crippen molar-refractivity contribution in [3.63, 3.8) is 0 Å². The summed E-state index contributed by atoms with van der Waals surface area (Å²) in [4.78, 5) is 23.1. The van der Waals surface area contributed by atoms with E-state index in [2.05, 4.69) is 5.32 Å². The number of nitrogens with one attached hydrogen (secondary N) is 1. The predicted octanol–water partition coefficient (Wildman–Crippen LogP) is -0.0266. The van der Waals surface area contributed by atoms with Gasteiger partial charge in [-0.2, -0.15) is 0 Å². The maximum atomic E-state index is 11.4. The highest BCUT2D eigenvalue weighted by Gasteiger charge is 2.28. The van der Waals surface area contributed by atoms with Crippen molar-refractivity contribution in [2.45, 2.75) is 38.5 Å². The summed E-state index contributed by atoms with van der Waals surface area (Å²) in [6.45, 7) is 2.02. The van der Waals surface area contributed by atoms with E-state index in [4.69, 9.17) is 5.11 Å². The van der Waals surface area contributed by atoms with Gasteiger partial charge in [-0.15, -0.1) is 0 Å². The molecular weight excluding hydrogens is 200 g/mol. The molecule has 0 radical (unpaired) electrons. The fourth-order valence-electron chi connectivity index (χ4n) is 1.65. The van der Waals surface area contributed by atoms with Gasteiger partial charge in [-0.05, 0) is 19.8 Å². The lowest BCUT2D eigenvalue weighted by Crippen LogP contribution is -2.53. The minimum Gasteiger partial charge on any atom is -0.465 e. The molecule has 2 amide bonds. The molecule has 0 aromatic rings. The second-order valence-electron chi connectivity index (χ2n) is 3.70. The van der Waals surface area contributed by atoms with Crippen molar-refractivity contribution in [2.75, 3.05) is 6.54 Å². The Labute approximate surface area is 87.9 Å². The van der Waals surface area contributed by atoms with Crippen molar-refractivity contribution < 1.29 is 19.8 Å². The maximum absolute atomic E-state index is 11.4. The zero-order valence-electron chi connectivity index (χ0n) is 8.64. The molecule has 86 valence electrons. The zero-order valence-corrected chi connectivity index (χ0v) is 8.64. The van der Waals surface area contributed by atoms with Crippen LogP contribution in [0.2, 0.25) is 0 Å². The van der Waals surface area contributed by atoms with E-state index in [1.807, 2.05) is 0 Å². The smallest absolute Gasteiger partial charge is 0.405 e. The number of aliphatic hydroxyl groups is 1. The van der Waals surface area contributed by atoms with Gasteiger partial charge in [0, 0.05) is 13.0 Å². The Morgan fingerprint density at radius 3 is 2.73 bits per heavy atom. The summed E-state index contributed by atoms with van der Waals surface area (Å²) >= 11 is 0. The number of carboxylic acid groups (broad SMARTS) is 1. The Bertz CT molecular complexity index is 256. The molecule has 6 heteroatoms. The summed E-state index contributed by atoms with van der Waals surface area (Å²) in [7, 11) is 0. The van der Waals surface area contributed by atoms with Crippen molar-refractivity contribution >= 4 is 12.0 Å². The highest BCUT2D eigenvalue weighted by atomic mass is 16.4. The van der Waals surface area contributed by atoms with Gasteiger partial charge in [0.05, 0.1) is 6.04 Å². The number of carbonyl (C=O) groups excluding carboxylic acids is 1. The van der Waals surface area contributed by atoms with Crippen molar-refractivity contribution in [1.29, 1.82) is 0 Å². The van der Waals surface area contributed by atoms with E-state index < -0.39 is 18.4 Å². The lowest BCUT2D eigenvalue weighted by Gasteiger charge is -2.34. The molecule has 0 aromatic carbocycles. The summed E-state index contributed by atoms with van der Waals surface area (Å²) in [6.07, 6.45) is -0.165. The Kier molecular flexibility index (Phi) is 3.90. The average molecular weight is 216 g/mol. The zero-order chi connectivity index (χ0) is 11.4. The molecule has 0 bridgehead atoms. The molecule has 2 atom stereocenters. The largest absolute Gasteiger partial charge is 0.465 e. The average Bonchev–Trinajstić information content (AvgIpc) is 2.16. The van der Waals surface area contributed by atoms with Crippen molar-refractivity contribution in [1.82, 2.24) is 10.2 Å². The van der Waals surface area contributed by atoms with Crippen LogP contribution in [0.4, 0.5) is 4.79 Å². The number of hydrogen-bond donors (Lipinski definition) is 3. The summed E-state index contributed by atoms with van der Waals surface area (Å²) < 4.78 is 0. The lowest BCUT2D eigenvalue weighted by molar-refractivity contribution is -0.145. The summed E-state index contributed by atoms with van der Waals surface area (Å²) in [5.41, 5.74) is 0. The number of nitrogens with zero attached hydrogens (tertiary/aromatic N) is 1. The normalized spacial score (nSPS) is 20.9. The van der Waals surface area contributed by atoms with Gasteiger partial charge in [0.15, 0.2) is 0 Å². The van der Waals surface area contributed by atoms with Gasteiger partial charge in [0.1, 0.15) is 6.23 Å². The van der Waals surface area contributed by atoms with Crippen LogP contribution < -0.4 is 5.32 Å². The minimum atomic E-state index is -1.20. The molecule has 0 aromatic heterocycles. The van der Waals surface area contributed by atoms with Crippen LogP contribution >= 0.6 is 0 Å². The second kappa shape index (κ2) is 4.97. The molecule has 2 unspecified atom stereocenters. The van der Waals surface area contributed by atoms with Gasteiger partial charge in [-0.1, -0.05) is 0 Å². The van der Waals surface area contributed by atoms with Crippen LogP contribution in [0.1, 0.15) is 26.2 Å². The number of likely N-dealkylation sites (tertiary alicyclic amines) is 1. The van der Waals surface area contributed by atoms with E-state index in [0.29, 0.717) is 13.0 Å². The quantitative estimate of drug-likeness (QED) is 0.618. The highest BCUT2D eigenvalue weighted by molar-refractivity contribution is 5.77. The minimum absolute atomic E-state index is 0.118. The lowest BCUT2D eigenvalue weighted by atomic mass is 10.1. The number of piperidine rings is 1. The van der Waals surface area contributed by atoms with Crippen LogP contribution in [0.15, 0.2) is 0 Å². The number of amides is 2. The topological polar surface area (TPSA) is 89.9 Å². The first-order valence-corrected chi connectivity index (χ1v) is 4.99. The number of carbonyl (C=O) groups is 2. The molecule has 15 heavy (non-hydrogen) atoms. The summed E-state index contributed by atoms with van der Waals surface area (Å²) in [5, 5.41) is 20.3. The first-order chi connectivity index (χ1) is 7.02. The first-order valence-electron chi connectivity index (χ1n) is 4.99. The van der Waals surface area contributed by atoms with E-state index in [1.165, 1.54) is 11.8 Å². The molecular formula is C9H16N2O4. The molecule has 1 heterocycles. The molecule has 6 nitrogen and oxygen atoms in total. The highest BCUT2D eigenvalue weighted by Crippen LogP contribution is 2.14. The maximum Gasteiger partial charge on any atom is 0.405 e. The third-order valence-corrected chi connectivity index (χ3v) is 2.48. The van der Waals surface area contributed by atoms with Gasteiger partial charge < -0.3 is 20.4 Å². The number of aliphatic hydroxyl groups excluding tert-OH is 1. The molecule has 0 aliphatic carbocycles. The fourth-order valence-corrected chi connectivity index (χ4v) is 1.65. The molecule has 1 rings (SSSR count). The van der Waals surface area contributed by atoms with Crippen molar-refractivity contribution in [2.24, 2.45) is 0 Å². The van der Waals surface area contributed by atoms with Crippen LogP contribution in [-0.2, 0) is 4.79 Å². The van der Waals surface area contributed by atoms with Crippen molar-refractivity contribution in [3.8, 4) is 0 Å². The van der Waals surface area contributed by atoms with E-state index in [-0.39, 0.29) is 5.91 Å². The molecule has 3 N–H and O–H groups in total. The van der Waals surface area contributed by atoms with Gasteiger partial charge >= 0.3 is 6.09 Å².